The molecule has 0 saturated carbocycles. The van der Waals surface area contributed by atoms with Crippen LogP contribution in [0.2, 0.25) is 0 Å². The van der Waals surface area contributed by atoms with Crippen molar-refractivity contribution in [3.8, 4) is 0 Å². The first-order valence-corrected chi connectivity index (χ1v) is 11.7. The van der Waals surface area contributed by atoms with Crippen LogP contribution in [0.3, 0.4) is 0 Å². The molecule has 0 bridgehead atoms. The van der Waals surface area contributed by atoms with E-state index in [1.54, 1.807) is 34.9 Å². The molecule has 0 spiro atoms. The fourth-order valence-corrected chi connectivity index (χ4v) is 5.04. The van der Waals surface area contributed by atoms with Crippen LogP contribution in [0.4, 0.5) is 5.82 Å². The highest BCUT2D eigenvalue weighted by atomic mass is 32.2. The molecule has 0 unspecified atom stereocenters. The molecule has 170 valence electrons. The molecule has 10 nitrogen and oxygen atoms in total. The van der Waals surface area contributed by atoms with Crippen LogP contribution in [0.25, 0.3) is 0 Å². The van der Waals surface area contributed by atoms with Crippen molar-refractivity contribution in [3.63, 3.8) is 0 Å². The zero-order chi connectivity index (χ0) is 23.0. The SMILES string of the molecule is Cc1ccc(Cn2ccc(NC(=O)[C@H]3C[C@@H](c4cnn(C)c4C)NS(=O)(=O)N3C)n2)cc1. The van der Waals surface area contributed by atoms with Crippen molar-refractivity contribution in [1.29, 1.82) is 0 Å². The number of rotatable bonds is 5. The first-order valence-electron chi connectivity index (χ1n) is 10.3. The summed E-state index contributed by atoms with van der Waals surface area (Å²) in [6.45, 7) is 4.47. The second-order valence-electron chi connectivity index (χ2n) is 8.13. The number of aromatic nitrogens is 4. The van der Waals surface area contributed by atoms with E-state index < -0.39 is 28.2 Å². The molecule has 1 aliphatic heterocycles. The molecule has 0 aliphatic carbocycles. The molecule has 1 amide bonds. The Labute approximate surface area is 187 Å². The van der Waals surface area contributed by atoms with Gasteiger partial charge in [0.1, 0.15) is 6.04 Å². The average molecular weight is 458 g/mol. The van der Waals surface area contributed by atoms with Crippen LogP contribution in [0, 0.1) is 13.8 Å². The predicted molar refractivity (Wildman–Crippen MR) is 120 cm³/mol. The Kier molecular flexibility index (Phi) is 5.89. The fraction of sp³-hybridized carbons (Fsp3) is 0.381. The Morgan fingerprint density at radius 3 is 2.56 bits per heavy atom. The Balaban J connectivity index is 1.48. The quantitative estimate of drug-likeness (QED) is 0.603. The molecule has 1 aliphatic rings. The normalized spacial score (nSPS) is 20.9. The van der Waals surface area contributed by atoms with Gasteiger partial charge in [-0.15, -0.1) is 0 Å². The van der Waals surface area contributed by atoms with Gasteiger partial charge in [0.05, 0.1) is 18.8 Å². The van der Waals surface area contributed by atoms with E-state index in [1.807, 2.05) is 38.1 Å². The second-order valence-corrected chi connectivity index (χ2v) is 9.89. The number of likely N-dealkylation sites (N-methyl/N-ethyl adjacent to an activating group) is 1. The van der Waals surface area contributed by atoms with Gasteiger partial charge in [0, 0.05) is 37.6 Å². The number of carbonyl (C=O) groups excluding carboxylic acids is 1. The minimum absolute atomic E-state index is 0.276. The van der Waals surface area contributed by atoms with Crippen LogP contribution in [0.1, 0.15) is 34.8 Å². The summed E-state index contributed by atoms with van der Waals surface area (Å²) in [7, 11) is -0.643. The molecular weight excluding hydrogens is 430 g/mol. The van der Waals surface area contributed by atoms with E-state index in [0.717, 1.165) is 21.1 Å². The third-order valence-electron chi connectivity index (χ3n) is 5.88. The lowest BCUT2D eigenvalue weighted by Crippen LogP contribution is -2.56. The second kappa shape index (κ2) is 8.49. The Bertz CT molecular complexity index is 1230. The summed E-state index contributed by atoms with van der Waals surface area (Å²) in [6, 6.07) is 8.41. The van der Waals surface area contributed by atoms with Crippen LogP contribution < -0.4 is 10.0 Å². The number of amides is 1. The van der Waals surface area contributed by atoms with E-state index in [4.69, 9.17) is 0 Å². The van der Waals surface area contributed by atoms with E-state index in [1.165, 1.54) is 12.6 Å². The summed E-state index contributed by atoms with van der Waals surface area (Å²) in [4.78, 5) is 13.0. The highest BCUT2D eigenvalue weighted by Crippen LogP contribution is 2.29. The van der Waals surface area contributed by atoms with Gasteiger partial charge in [0.25, 0.3) is 10.2 Å². The number of aryl methyl sites for hydroxylation is 2. The van der Waals surface area contributed by atoms with Crippen molar-refractivity contribution >= 4 is 21.9 Å². The molecule has 2 aromatic heterocycles. The van der Waals surface area contributed by atoms with E-state index in [0.29, 0.717) is 12.4 Å². The summed E-state index contributed by atoms with van der Waals surface area (Å²) in [5, 5.41) is 11.4. The Morgan fingerprint density at radius 2 is 1.91 bits per heavy atom. The summed E-state index contributed by atoms with van der Waals surface area (Å²) in [5.41, 5.74) is 3.87. The zero-order valence-electron chi connectivity index (χ0n) is 18.5. The lowest BCUT2D eigenvalue weighted by molar-refractivity contribution is -0.120. The maximum absolute atomic E-state index is 13.0. The lowest BCUT2D eigenvalue weighted by atomic mass is 10.00. The van der Waals surface area contributed by atoms with Gasteiger partial charge in [-0.1, -0.05) is 29.8 Å². The predicted octanol–water partition coefficient (Wildman–Crippen LogP) is 1.50. The van der Waals surface area contributed by atoms with Crippen LogP contribution in [-0.4, -0.2) is 51.3 Å². The summed E-state index contributed by atoms with van der Waals surface area (Å²) >= 11 is 0. The fourth-order valence-electron chi connectivity index (χ4n) is 3.78. The first-order chi connectivity index (χ1) is 15.1. The van der Waals surface area contributed by atoms with Crippen LogP contribution in [0.15, 0.2) is 42.7 Å². The molecule has 1 saturated heterocycles. The zero-order valence-corrected chi connectivity index (χ0v) is 19.3. The smallest absolute Gasteiger partial charge is 0.280 e. The largest absolute Gasteiger partial charge is 0.308 e. The molecule has 32 heavy (non-hydrogen) atoms. The van der Waals surface area contributed by atoms with Gasteiger partial charge < -0.3 is 5.32 Å². The maximum Gasteiger partial charge on any atom is 0.280 e. The monoisotopic (exact) mass is 457 g/mol. The molecule has 11 heteroatoms. The molecule has 4 rings (SSSR count). The number of hydrogen-bond donors (Lipinski definition) is 2. The van der Waals surface area contributed by atoms with Gasteiger partial charge >= 0.3 is 0 Å². The van der Waals surface area contributed by atoms with Crippen molar-refractivity contribution in [1.82, 2.24) is 28.6 Å². The Morgan fingerprint density at radius 1 is 1.19 bits per heavy atom. The van der Waals surface area contributed by atoms with Crippen LogP contribution >= 0.6 is 0 Å². The third kappa shape index (κ3) is 4.45. The summed E-state index contributed by atoms with van der Waals surface area (Å²) in [6.07, 6.45) is 3.69. The van der Waals surface area contributed by atoms with Gasteiger partial charge in [-0.05, 0) is 25.8 Å². The van der Waals surface area contributed by atoms with Crippen molar-refractivity contribution in [2.45, 2.75) is 38.9 Å². The number of anilines is 1. The average Bonchev–Trinajstić information content (AvgIpc) is 3.32. The van der Waals surface area contributed by atoms with Gasteiger partial charge in [-0.25, -0.2) is 0 Å². The van der Waals surface area contributed by atoms with Crippen LogP contribution in [0.5, 0.6) is 0 Å². The van der Waals surface area contributed by atoms with E-state index >= 15 is 0 Å². The van der Waals surface area contributed by atoms with Gasteiger partial charge in [0.2, 0.25) is 5.91 Å². The first kappa shape index (κ1) is 22.2. The van der Waals surface area contributed by atoms with Crippen molar-refractivity contribution in [2.24, 2.45) is 7.05 Å². The van der Waals surface area contributed by atoms with Gasteiger partial charge in [-0.2, -0.15) is 27.6 Å². The topological polar surface area (TPSA) is 114 Å². The number of hydrogen-bond acceptors (Lipinski definition) is 5. The van der Waals surface area contributed by atoms with E-state index in [9.17, 15) is 13.2 Å². The lowest BCUT2D eigenvalue weighted by Gasteiger charge is -2.35. The Hall–Kier alpha value is -3.02. The number of nitrogens with zero attached hydrogens (tertiary/aromatic N) is 5. The highest BCUT2D eigenvalue weighted by molar-refractivity contribution is 7.87. The minimum Gasteiger partial charge on any atom is -0.308 e. The summed E-state index contributed by atoms with van der Waals surface area (Å²) < 4.78 is 32.5. The van der Waals surface area contributed by atoms with Crippen molar-refractivity contribution in [3.05, 3.63) is 65.1 Å². The summed E-state index contributed by atoms with van der Waals surface area (Å²) in [5.74, 6) is -0.0507. The van der Waals surface area contributed by atoms with Crippen LogP contribution in [-0.2, 0) is 28.6 Å². The molecule has 2 N–H and O–H groups in total. The van der Waals surface area contributed by atoms with E-state index in [2.05, 4.69) is 20.2 Å². The molecular formula is C21H27N7O3S. The molecule has 3 aromatic rings. The molecule has 0 radical (unpaired) electrons. The standard InChI is InChI=1S/C21H27N7O3S/c1-14-5-7-16(8-6-14)13-28-10-9-20(24-28)23-21(29)19-11-18(25-32(30,31)27(19)4)17-12-22-26(3)15(17)2/h5-10,12,18-19,25H,11,13H2,1-4H3,(H,23,24,29)/t18-,19+/m0/s1. The maximum atomic E-state index is 13.0. The van der Waals surface area contributed by atoms with Gasteiger partial charge in [-0.3, -0.25) is 14.2 Å². The molecule has 1 aromatic carbocycles. The number of benzene rings is 1. The highest BCUT2D eigenvalue weighted by Gasteiger charge is 2.41. The number of nitrogens with one attached hydrogen (secondary N) is 2. The molecule has 2 atom stereocenters. The molecule has 1 fully saturated rings. The third-order valence-corrected chi connectivity index (χ3v) is 7.47. The number of carbonyl (C=O) groups is 1. The van der Waals surface area contributed by atoms with Crippen molar-refractivity contribution in [2.75, 3.05) is 12.4 Å². The molecule has 3 heterocycles. The van der Waals surface area contributed by atoms with Crippen molar-refractivity contribution < 1.29 is 13.2 Å². The minimum atomic E-state index is -3.83. The van der Waals surface area contributed by atoms with Gasteiger partial charge in [0.15, 0.2) is 5.82 Å². The van der Waals surface area contributed by atoms with E-state index in [-0.39, 0.29) is 6.42 Å².